The summed E-state index contributed by atoms with van der Waals surface area (Å²) in [6.45, 7) is 4.97. The summed E-state index contributed by atoms with van der Waals surface area (Å²) in [4.78, 5) is 0. The van der Waals surface area contributed by atoms with Gasteiger partial charge in [-0.2, -0.15) is 0 Å². The average molecular weight is 340 g/mol. The smallest absolute Gasteiger partial charge is 0.231 e. The molecule has 2 aliphatic rings. The first-order chi connectivity index (χ1) is 12.1. The Bertz CT molecular complexity index is 799. The molecule has 0 bridgehead atoms. The SMILES string of the molecule is COc1ccc([C@H]2c3cc4c(cc3C[C@@H](C)[C@@H]2C)OCO4)cc1OC. The van der Waals surface area contributed by atoms with Crippen LogP contribution >= 0.6 is 0 Å². The van der Waals surface area contributed by atoms with Crippen molar-refractivity contribution in [1.29, 1.82) is 0 Å². The molecule has 1 aliphatic carbocycles. The lowest BCUT2D eigenvalue weighted by molar-refractivity contribution is 0.174. The fraction of sp³-hybridized carbons (Fsp3) is 0.429. The van der Waals surface area contributed by atoms with E-state index in [1.54, 1.807) is 14.2 Å². The molecular weight excluding hydrogens is 316 g/mol. The Kier molecular flexibility index (Phi) is 3.98. The van der Waals surface area contributed by atoms with Crippen molar-refractivity contribution >= 4 is 0 Å². The number of ether oxygens (including phenoxy) is 4. The highest BCUT2D eigenvalue weighted by Gasteiger charge is 2.35. The molecule has 3 atom stereocenters. The molecule has 0 N–H and O–H groups in total. The van der Waals surface area contributed by atoms with Crippen molar-refractivity contribution in [3.05, 3.63) is 47.0 Å². The molecule has 0 fully saturated rings. The first-order valence-corrected chi connectivity index (χ1v) is 8.76. The minimum Gasteiger partial charge on any atom is -0.493 e. The van der Waals surface area contributed by atoms with Crippen LogP contribution in [-0.4, -0.2) is 21.0 Å². The van der Waals surface area contributed by atoms with Crippen LogP contribution in [0, 0.1) is 11.8 Å². The van der Waals surface area contributed by atoms with Gasteiger partial charge in [0.05, 0.1) is 14.2 Å². The standard InChI is InChI=1S/C21H24O4/c1-12-7-15-9-19-20(25-11-24-19)10-16(15)21(13(12)2)14-5-6-17(22-3)18(8-14)23-4/h5-6,8-10,12-13,21H,7,11H2,1-4H3/t12-,13+,21+/m1/s1. The van der Waals surface area contributed by atoms with E-state index in [9.17, 15) is 0 Å². The third-order valence-electron chi connectivity index (χ3n) is 5.70. The summed E-state index contributed by atoms with van der Waals surface area (Å²) >= 11 is 0. The average Bonchev–Trinajstić information content (AvgIpc) is 3.08. The van der Waals surface area contributed by atoms with E-state index in [1.807, 2.05) is 6.07 Å². The van der Waals surface area contributed by atoms with Gasteiger partial charge in [-0.15, -0.1) is 0 Å². The molecule has 0 saturated carbocycles. The van der Waals surface area contributed by atoms with Crippen LogP contribution in [0.15, 0.2) is 30.3 Å². The zero-order chi connectivity index (χ0) is 17.6. The predicted molar refractivity (Wildman–Crippen MR) is 96.0 cm³/mol. The molecule has 132 valence electrons. The van der Waals surface area contributed by atoms with Crippen molar-refractivity contribution in [1.82, 2.24) is 0 Å². The molecule has 1 heterocycles. The Labute approximate surface area is 148 Å². The van der Waals surface area contributed by atoms with Gasteiger partial charge in [0, 0.05) is 5.92 Å². The summed E-state index contributed by atoms with van der Waals surface area (Å²) in [7, 11) is 3.35. The predicted octanol–water partition coefficient (Wildman–Crippen LogP) is 4.39. The molecule has 25 heavy (non-hydrogen) atoms. The highest BCUT2D eigenvalue weighted by atomic mass is 16.7. The second-order valence-corrected chi connectivity index (χ2v) is 7.04. The highest BCUT2D eigenvalue weighted by Crippen LogP contribution is 2.48. The topological polar surface area (TPSA) is 36.9 Å². The maximum Gasteiger partial charge on any atom is 0.231 e. The maximum absolute atomic E-state index is 5.63. The molecule has 4 heteroatoms. The van der Waals surface area contributed by atoms with Gasteiger partial charge in [-0.1, -0.05) is 19.9 Å². The normalized spacial score (nSPS) is 23.9. The lowest BCUT2D eigenvalue weighted by Gasteiger charge is -2.37. The molecule has 4 rings (SSSR count). The van der Waals surface area contributed by atoms with Crippen molar-refractivity contribution in [3.63, 3.8) is 0 Å². The van der Waals surface area contributed by atoms with E-state index < -0.39 is 0 Å². The Hall–Kier alpha value is -2.36. The molecule has 0 unspecified atom stereocenters. The van der Waals surface area contributed by atoms with E-state index in [1.165, 1.54) is 16.7 Å². The monoisotopic (exact) mass is 340 g/mol. The van der Waals surface area contributed by atoms with Crippen molar-refractivity contribution in [3.8, 4) is 23.0 Å². The third kappa shape index (κ3) is 2.60. The molecule has 0 spiro atoms. The summed E-state index contributed by atoms with van der Waals surface area (Å²) in [5, 5.41) is 0. The van der Waals surface area contributed by atoms with Crippen LogP contribution < -0.4 is 18.9 Å². The van der Waals surface area contributed by atoms with Gasteiger partial charge in [0.2, 0.25) is 6.79 Å². The molecule has 0 amide bonds. The van der Waals surface area contributed by atoms with Gasteiger partial charge in [-0.3, -0.25) is 0 Å². The molecule has 0 radical (unpaired) electrons. The zero-order valence-corrected chi connectivity index (χ0v) is 15.2. The molecule has 2 aromatic rings. The van der Waals surface area contributed by atoms with Crippen LogP contribution in [-0.2, 0) is 6.42 Å². The maximum atomic E-state index is 5.63. The van der Waals surface area contributed by atoms with Crippen LogP contribution in [0.1, 0.15) is 36.5 Å². The summed E-state index contributed by atoms with van der Waals surface area (Å²) in [6.07, 6.45) is 1.07. The van der Waals surface area contributed by atoms with Crippen LogP contribution in [0.2, 0.25) is 0 Å². The second kappa shape index (κ2) is 6.17. The minimum atomic E-state index is 0.299. The molecule has 0 saturated heterocycles. The van der Waals surface area contributed by atoms with Crippen LogP contribution in [0.25, 0.3) is 0 Å². The first-order valence-electron chi connectivity index (χ1n) is 8.76. The lowest BCUT2D eigenvalue weighted by Crippen LogP contribution is -2.26. The quantitative estimate of drug-likeness (QED) is 0.830. The van der Waals surface area contributed by atoms with E-state index >= 15 is 0 Å². The number of benzene rings is 2. The molecule has 1 aliphatic heterocycles. The summed E-state index contributed by atoms with van der Waals surface area (Å²) in [5.74, 6) is 4.66. The van der Waals surface area contributed by atoms with Crippen LogP contribution in [0.3, 0.4) is 0 Å². The summed E-state index contributed by atoms with van der Waals surface area (Å²) in [5.41, 5.74) is 3.94. The number of hydrogen-bond donors (Lipinski definition) is 0. The Balaban J connectivity index is 1.84. The van der Waals surface area contributed by atoms with E-state index in [-0.39, 0.29) is 0 Å². The molecule has 0 aromatic heterocycles. The van der Waals surface area contributed by atoms with Crippen molar-refractivity contribution < 1.29 is 18.9 Å². The number of hydrogen-bond acceptors (Lipinski definition) is 4. The number of rotatable bonds is 3. The van der Waals surface area contributed by atoms with E-state index in [0.717, 1.165) is 29.4 Å². The minimum absolute atomic E-state index is 0.299. The van der Waals surface area contributed by atoms with Crippen LogP contribution in [0.5, 0.6) is 23.0 Å². The number of methoxy groups -OCH3 is 2. The van der Waals surface area contributed by atoms with Gasteiger partial charge < -0.3 is 18.9 Å². The summed E-state index contributed by atoms with van der Waals surface area (Å²) < 4.78 is 22.1. The zero-order valence-electron chi connectivity index (χ0n) is 15.2. The van der Waals surface area contributed by atoms with Crippen molar-refractivity contribution in [2.75, 3.05) is 21.0 Å². The first kappa shape index (κ1) is 16.1. The van der Waals surface area contributed by atoms with Crippen molar-refractivity contribution in [2.24, 2.45) is 11.8 Å². The highest BCUT2D eigenvalue weighted by molar-refractivity contribution is 5.54. The Morgan fingerprint density at radius 3 is 2.36 bits per heavy atom. The van der Waals surface area contributed by atoms with Gasteiger partial charge in [0.15, 0.2) is 23.0 Å². The van der Waals surface area contributed by atoms with Gasteiger partial charge >= 0.3 is 0 Å². The van der Waals surface area contributed by atoms with Gasteiger partial charge in [0.25, 0.3) is 0 Å². The molecule has 2 aromatic carbocycles. The van der Waals surface area contributed by atoms with Crippen molar-refractivity contribution in [2.45, 2.75) is 26.2 Å². The van der Waals surface area contributed by atoms with Crippen LogP contribution in [0.4, 0.5) is 0 Å². The lowest BCUT2D eigenvalue weighted by atomic mass is 9.68. The van der Waals surface area contributed by atoms with E-state index in [0.29, 0.717) is 24.5 Å². The van der Waals surface area contributed by atoms with Gasteiger partial charge in [0.1, 0.15) is 0 Å². The van der Waals surface area contributed by atoms with Gasteiger partial charge in [-0.25, -0.2) is 0 Å². The van der Waals surface area contributed by atoms with E-state index in [4.69, 9.17) is 18.9 Å². The second-order valence-electron chi connectivity index (χ2n) is 7.04. The Morgan fingerprint density at radius 1 is 0.920 bits per heavy atom. The number of fused-ring (bicyclic) bond motifs is 2. The third-order valence-corrected chi connectivity index (χ3v) is 5.70. The summed E-state index contributed by atoms with van der Waals surface area (Å²) in [6, 6.07) is 10.6. The Morgan fingerprint density at radius 2 is 1.64 bits per heavy atom. The fourth-order valence-electron chi connectivity index (χ4n) is 4.14. The fourth-order valence-corrected chi connectivity index (χ4v) is 4.14. The van der Waals surface area contributed by atoms with E-state index in [2.05, 4.69) is 38.1 Å². The largest absolute Gasteiger partial charge is 0.493 e. The molecule has 4 nitrogen and oxygen atoms in total. The molecular formula is C21H24O4. The van der Waals surface area contributed by atoms with Gasteiger partial charge in [-0.05, 0) is 59.2 Å².